The van der Waals surface area contributed by atoms with Crippen LogP contribution in [0, 0.1) is 0 Å². The first-order chi connectivity index (χ1) is 22.1. The number of carbonyl (C=O) groups is 2. The molecule has 0 aromatic heterocycles. The molecule has 0 spiro atoms. The molecule has 46 heavy (non-hydrogen) atoms. The van der Waals surface area contributed by atoms with Gasteiger partial charge in [0, 0.05) is 11.1 Å². The smallest absolute Gasteiger partial charge is 0.279 e. The van der Waals surface area contributed by atoms with Gasteiger partial charge in [-0.15, -0.1) is 0 Å². The second-order valence-corrected chi connectivity index (χ2v) is 12.8. The number of nitrogens with one attached hydrogen (secondary N) is 2. The SMILES string of the molecule is CCCc1cc(C(=O)NOCc2ccccc2)ccc1OC(C(=O)NS(=O)(=O)c1ccc(C(C)C)cc1)c1ccc2c(c1)OCO2. The van der Waals surface area contributed by atoms with Crippen LogP contribution in [0.5, 0.6) is 17.2 Å². The number of rotatable bonds is 13. The van der Waals surface area contributed by atoms with Crippen molar-refractivity contribution >= 4 is 21.8 Å². The minimum absolute atomic E-state index is 0.0243. The molecule has 0 saturated heterocycles. The molecule has 10 nitrogen and oxygen atoms in total. The molecule has 1 aliphatic heterocycles. The Kier molecular flexibility index (Phi) is 10.2. The normalized spacial score (nSPS) is 12.9. The highest BCUT2D eigenvalue weighted by Gasteiger charge is 2.30. The maximum atomic E-state index is 13.7. The lowest BCUT2D eigenvalue weighted by molar-refractivity contribution is -0.126. The molecule has 1 heterocycles. The second-order valence-electron chi connectivity index (χ2n) is 11.1. The zero-order valence-corrected chi connectivity index (χ0v) is 26.6. The predicted molar refractivity (Wildman–Crippen MR) is 171 cm³/mol. The summed E-state index contributed by atoms with van der Waals surface area (Å²) in [6.07, 6.45) is -0.145. The van der Waals surface area contributed by atoms with Crippen molar-refractivity contribution in [2.45, 2.75) is 57.1 Å². The van der Waals surface area contributed by atoms with Crippen molar-refractivity contribution in [3.8, 4) is 17.2 Å². The molecule has 5 rings (SSSR count). The van der Waals surface area contributed by atoms with Gasteiger partial charge in [0.25, 0.3) is 21.8 Å². The highest BCUT2D eigenvalue weighted by molar-refractivity contribution is 7.90. The summed E-state index contributed by atoms with van der Waals surface area (Å²) in [5.74, 6) is 0.0938. The van der Waals surface area contributed by atoms with E-state index < -0.39 is 27.9 Å². The zero-order chi connectivity index (χ0) is 32.7. The molecule has 0 radical (unpaired) electrons. The number of sulfonamides is 1. The van der Waals surface area contributed by atoms with Crippen LogP contribution in [0.2, 0.25) is 0 Å². The number of ether oxygens (including phenoxy) is 3. The molecule has 4 aromatic carbocycles. The third-order valence-electron chi connectivity index (χ3n) is 7.36. The fourth-order valence-corrected chi connectivity index (χ4v) is 5.86. The molecule has 240 valence electrons. The van der Waals surface area contributed by atoms with Crippen LogP contribution in [-0.4, -0.2) is 27.0 Å². The highest BCUT2D eigenvalue weighted by atomic mass is 32.2. The molecule has 0 saturated carbocycles. The van der Waals surface area contributed by atoms with Crippen molar-refractivity contribution in [3.05, 3.63) is 119 Å². The van der Waals surface area contributed by atoms with Gasteiger partial charge in [0.2, 0.25) is 12.9 Å². The number of carbonyl (C=O) groups excluding carboxylic acids is 2. The highest BCUT2D eigenvalue weighted by Crippen LogP contribution is 2.36. The summed E-state index contributed by atoms with van der Waals surface area (Å²) in [5.41, 5.74) is 5.67. The van der Waals surface area contributed by atoms with Crippen LogP contribution in [0.4, 0.5) is 0 Å². The van der Waals surface area contributed by atoms with Crippen molar-refractivity contribution in [1.29, 1.82) is 0 Å². The molecule has 1 unspecified atom stereocenters. The third-order valence-corrected chi connectivity index (χ3v) is 8.73. The van der Waals surface area contributed by atoms with Crippen LogP contribution in [0.25, 0.3) is 0 Å². The molecular weight excluding hydrogens is 608 g/mol. The minimum atomic E-state index is -4.23. The Morgan fingerprint density at radius 1 is 0.870 bits per heavy atom. The quantitative estimate of drug-likeness (QED) is 0.170. The number of hydroxylamine groups is 1. The lowest BCUT2D eigenvalue weighted by Gasteiger charge is -2.22. The standard InChI is InChI=1S/C35H36N2O8S/c1-4-8-26-19-28(34(38)36-44-21-24-9-6-5-7-10-24)14-17-30(26)45-33(27-13-18-31-32(20-27)43-22-42-31)35(39)37-46(40,41)29-15-11-25(12-16-29)23(2)3/h5-7,9-20,23,33H,4,8,21-22H2,1-3H3,(H,36,38)(H,37,39). The molecule has 0 aliphatic carbocycles. The monoisotopic (exact) mass is 644 g/mol. The Morgan fingerprint density at radius 2 is 1.59 bits per heavy atom. The number of hydrogen-bond donors (Lipinski definition) is 2. The maximum Gasteiger partial charge on any atom is 0.279 e. The van der Waals surface area contributed by atoms with Gasteiger partial charge in [-0.05, 0) is 71.5 Å². The van der Waals surface area contributed by atoms with Crippen molar-refractivity contribution in [1.82, 2.24) is 10.2 Å². The second kappa shape index (κ2) is 14.5. The summed E-state index contributed by atoms with van der Waals surface area (Å²) in [5, 5.41) is 0. The number of hydrogen-bond acceptors (Lipinski definition) is 8. The average molecular weight is 645 g/mol. The fourth-order valence-electron chi connectivity index (χ4n) is 4.87. The Morgan fingerprint density at radius 3 is 2.30 bits per heavy atom. The van der Waals surface area contributed by atoms with Gasteiger partial charge in [-0.3, -0.25) is 14.4 Å². The molecule has 2 N–H and O–H groups in total. The Labute approximate surface area is 268 Å². The van der Waals surface area contributed by atoms with E-state index in [1.807, 2.05) is 51.1 Å². The third kappa shape index (κ3) is 7.85. The van der Waals surface area contributed by atoms with Gasteiger partial charge in [-0.1, -0.05) is 75.7 Å². The zero-order valence-electron chi connectivity index (χ0n) is 25.8. The Bertz CT molecular complexity index is 1790. The number of aryl methyl sites for hydroxylation is 1. The van der Waals surface area contributed by atoms with Crippen LogP contribution in [0.15, 0.2) is 95.9 Å². The number of benzene rings is 4. The van der Waals surface area contributed by atoms with E-state index in [2.05, 4.69) is 10.2 Å². The predicted octanol–water partition coefficient (Wildman–Crippen LogP) is 5.98. The maximum absolute atomic E-state index is 13.7. The molecule has 0 fully saturated rings. The topological polar surface area (TPSA) is 129 Å². The van der Waals surface area contributed by atoms with E-state index in [-0.39, 0.29) is 24.2 Å². The first kappa shape index (κ1) is 32.5. The number of amides is 2. The Balaban J connectivity index is 1.39. The van der Waals surface area contributed by atoms with Crippen LogP contribution in [0.3, 0.4) is 0 Å². The van der Waals surface area contributed by atoms with Gasteiger partial charge in [0.1, 0.15) is 5.75 Å². The van der Waals surface area contributed by atoms with Gasteiger partial charge >= 0.3 is 0 Å². The van der Waals surface area contributed by atoms with E-state index in [9.17, 15) is 18.0 Å². The Hall–Kier alpha value is -4.87. The van der Waals surface area contributed by atoms with Crippen molar-refractivity contribution in [2.24, 2.45) is 0 Å². The lowest BCUT2D eigenvalue weighted by atomic mass is 10.0. The summed E-state index contributed by atoms with van der Waals surface area (Å²) >= 11 is 0. The molecule has 11 heteroatoms. The van der Waals surface area contributed by atoms with Gasteiger partial charge in [-0.2, -0.15) is 0 Å². The molecular formula is C35H36N2O8S. The fraction of sp³-hybridized carbons (Fsp3) is 0.257. The summed E-state index contributed by atoms with van der Waals surface area (Å²) < 4.78 is 45.9. The van der Waals surface area contributed by atoms with Crippen LogP contribution < -0.4 is 24.4 Å². The van der Waals surface area contributed by atoms with E-state index in [0.717, 1.165) is 11.1 Å². The van der Waals surface area contributed by atoms with E-state index in [1.54, 1.807) is 48.5 Å². The van der Waals surface area contributed by atoms with Gasteiger partial charge in [0.05, 0.1) is 11.5 Å². The molecule has 0 bridgehead atoms. The van der Waals surface area contributed by atoms with Crippen molar-refractivity contribution in [3.63, 3.8) is 0 Å². The van der Waals surface area contributed by atoms with Crippen molar-refractivity contribution < 1.29 is 37.1 Å². The van der Waals surface area contributed by atoms with Crippen LogP contribution >= 0.6 is 0 Å². The van der Waals surface area contributed by atoms with Crippen LogP contribution in [0.1, 0.15) is 71.8 Å². The summed E-state index contributed by atoms with van der Waals surface area (Å²) in [4.78, 5) is 31.9. The van der Waals surface area contributed by atoms with E-state index >= 15 is 0 Å². The van der Waals surface area contributed by atoms with E-state index in [4.69, 9.17) is 19.0 Å². The summed E-state index contributed by atoms with van der Waals surface area (Å²) in [7, 11) is -4.23. The van der Waals surface area contributed by atoms with E-state index in [1.165, 1.54) is 12.1 Å². The average Bonchev–Trinajstić information content (AvgIpc) is 3.52. The molecule has 4 aromatic rings. The van der Waals surface area contributed by atoms with Gasteiger partial charge < -0.3 is 14.2 Å². The summed E-state index contributed by atoms with van der Waals surface area (Å²) in [6.45, 7) is 6.20. The first-order valence-corrected chi connectivity index (χ1v) is 16.4. The molecule has 1 atom stereocenters. The van der Waals surface area contributed by atoms with E-state index in [0.29, 0.717) is 46.8 Å². The van der Waals surface area contributed by atoms with Gasteiger partial charge in [0.15, 0.2) is 11.5 Å². The largest absolute Gasteiger partial charge is 0.475 e. The minimum Gasteiger partial charge on any atom is -0.475 e. The number of fused-ring (bicyclic) bond motifs is 1. The molecule has 1 aliphatic rings. The first-order valence-electron chi connectivity index (χ1n) is 15.0. The van der Waals surface area contributed by atoms with Crippen molar-refractivity contribution in [2.75, 3.05) is 6.79 Å². The van der Waals surface area contributed by atoms with Crippen LogP contribution in [-0.2, 0) is 32.7 Å². The lowest BCUT2D eigenvalue weighted by Crippen LogP contribution is -2.37. The van der Waals surface area contributed by atoms with Gasteiger partial charge in [-0.25, -0.2) is 18.6 Å². The molecule has 2 amide bonds. The summed E-state index contributed by atoms with van der Waals surface area (Å²) in [6, 6.07) is 25.5.